The summed E-state index contributed by atoms with van der Waals surface area (Å²) in [5, 5.41) is 10.2. The molecular weight excluding hydrogens is 275 g/mol. The molecule has 0 saturated carbocycles. The van der Waals surface area contributed by atoms with E-state index in [1.807, 2.05) is 24.3 Å². The third-order valence-corrected chi connectivity index (χ3v) is 3.47. The summed E-state index contributed by atoms with van der Waals surface area (Å²) in [6.07, 6.45) is 4.37. The molecule has 0 saturated heterocycles. The van der Waals surface area contributed by atoms with Crippen molar-refractivity contribution in [2.75, 3.05) is 0 Å². The van der Waals surface area contributed by atoms with Gasteiger partial charge in [-0.25, -0.2) is 0 Å². The Kier molecular flexibility index (Phi) is 3.49. The molecule has 0 fully saturated rings. The van der Waals surface area contributed by atoms with Gasteiger partial charge in [0.15, 0.2) is 0 Å². The summed E-state index contributed by atoms with van der Waals surface area (Å²) in [7, 11) is 0. The van der Waals surface area contributed by atoms with Gasteiger partial charge in [0.2, 0.25) is 0 Å². The van der Waals surface area contributed by atoms with Crippen molar-refractivity contribution in [2.45, 2.75) is 25.4 Å². The highest BCUT2D eigenvalue weighted by molar-refractivity contribution is 9.10. The molecule has 0 aromatic heterocycles. The van der Waals surface area contributed by atoms with Crippen molar-refractivity contribution < 1.29 is 5.11 Å². The first-order chi connectivity index (χ1) is 7.15. The Morgan fingerprint density at radius 2 is 2.27 bits per heavy atom. The highest BCUT2D eigenvalue weighted by atomic mass is 79.9. The summed E-state index contributed by atoms with van der Waals surface area (Å²) in [6, 6.07) is 5.92. The van der Waals surface area contributed by atoms with Crippen LogP contribution in [0, 0.1) is 0 Å². The van der Waals surface area contributed by atoms with Gasteiger partial charge in [-0.3, -0.25) is 0 Å². The van der Waals surface area contributed by atoms with E-state index in [0.29, 0.717) is 0 Å². The van der Waals surface area contributed by atoms with Crippen molar-refractivity contribution >= 4 is 27.5 Å². The first-order valence-corrected chi connectivity index (χ1v) is 6.14. The van der Waals surface area contributed by atoms with E-state index < -0.39 is 0 Å². The van der Waals surface area contributed by atoms with E-state index >= 15 is 0 Å². The van der Waals surface area contributed by atoms with Gasteiger partial charge < -0.3 is 5.11 Å². The van der Waals surface area contributed by atoms with E-state index in [1.165, 1.54) is 5.57 Å². The number of benzene rings is 1. The second kappa shape index (κ2) is 4.69. The number of aliphatic hydroxyl groups is 1. The lowest BCUT2D eigenvalue weighted by Gasteiger charge is -2.05. The number of allylic oxidation sites excluding steroid dienone is 1. The lowest BCUT2D eigenvalue weighted by atomic mass is 10.1. The molecule has 0 spiro atoms. The molecule has 1 unspecified atom stereocenters. The monoisotopic (exact) mass is 286 g/mol. The quantitative estimate of drug-likeness (QED) is 0.822. The molecule has 15 heavy (non-hydrogen) atoms. The SMILES string of the molecule is OC1C=C(Cc2ccc(Br)cc2Cl)CC1. The molecular formula is C12H12BrClO. The van der Waals surface area contributed by atoms with E-state index in [1.54, 1.807) is 0 Å². The van der Waals surface area contributed by atoms with Crippen molar-refractivity contribution in [3.05, 3.63) is 44.9 Å². The molecule has 3 heteroatoms. The molecule has 0 radical (unpaired) electrons. The van der Waals surface area contributed by atoms with Gasteiger partial charge in [-0.2, -0.15) is 0 Å². The van der Waals surface area contributed by atoms with Crippen LogP contribution in [-0.4, -0.2) is 11.2 Å². The summed E-state index contributed by atoms with van der Waals surface area (Å²) in [4.78, 5) is 0. The third-order valence-electron chi connectivity index (χ3n) is 2.62. The van der Waals surface area contributed by atoms with Gasteiger partial charge in [-0.05, 0) is 37.0 Å². The zero-order valence-electron chi connectivity index (χ0n) is 8.21. The molecule has 1 nitrogen and oxygen atoms in total. The molecule has 0 amide bonds. The van der Waals surface area contributed by atoms with Crippen molar-refractivity contribution in [1.82, 2.24) is 0 Å². The molecule has 80 valence electrons. The van der Waals surface area contributed by atoms with E-state index in [0.717, 1.165) is 34.3 Å². The largest absolute Gasteiger partial charge is 0.389 e. The van der Waals surface area contributed by atoms with Crippen molar-refractivity contribution in [3.8, 4) is 0 Å². The summed E-state index contributed by atoms with van der Waals surface area (Å²) in [5.74, 6) is 0. The molecule has 1 aromatic carbocycles. The second-order valence-electron chi connectivity index (χ2n) is 3.84. The second-order valence-corrected chi connectivity index (χ2v) is 5.17. The molecule has 0 heterocycles. The van der Waals surface area contributed by atoms with Gasteiger partial charge in [-0.1, -0.05) is 45.2 Å². The van der Waals surface area contributed by atoms with Crippen molar-refractivity contribution in [1.29, 1.82) is 0 Å². The van der Waals surface area contributed by atoms with Gasteiger partial charge in [0.05, 0.1) is 6.10 Å². The van der Waals surface area contributed by atoms with Crippen LogP contribution in [0.4, 0.5) is 0 Å². The van der Waals surface area contributed by atoms with Crippen LogP contribution in [-0.2, 0) is 6.42 Å². The Balaban J connectivity index is 2.14. The zero-order valence-corrected chi connectivity index (χ0v) is 10.6. The average Bonchev–Trinajstić information content (AvgIpc) is 2.56. The predicted octanol–water partition coefficient (Wildman–Crippen LogP) is 3.73. The molecule has 0 aliphatic heterocycles. The van der Waals surface area contributed by atoms with E-state index in [9.17, 15) is 5.11 Å². The Morgan fingerprint density at radius 3 is 2.87 bits per heavy atom. The highest BCUT2D eigenvalue weighted by Crippen LogP contribution is 2.27. The van der Waals surface area contributed by atoms with Crippen molar-refractivity contribution in [3.63, 3.8) is 0 Å². The molecule has 1 N–H and O–H groups in total. The van der Waals surface area contributed by atoms with Crippen LogP contribution in [0.5, 0.6) is 0 Å². The fraction of sp³-hybridized carbons (Fsp3) is 0.333. The fourth-order valence-electron chi connectivity index (χ4n) is 1.83. The van der Waals surface area contributed by atoms with E-state index in [-0.39, 0.29) is 6.10 Å². The van der Waals surface area contributed by atoms with Gasteiger partial charge >= 0.3 is 0 Å². The topological polar surface area (TPSA) is 20.2 Å². The molecule has 1 aliphatic rings. The Morgan fingerprint density at radius 1 is 1.47 bits per heavy atom. The maximum absolute atomic E-state index is 9.37. The normalized spacial score (nSPS) is 20.5. The van der Waals surface area contributed by atoms with Crippen LogP contribution in [0.3, 0.4) is 0 Å². The van der Waals surface area contributed by atoms with Gasteiger partial charge in [0.25, 0.3) is 0 Å². The van der Waals surface area contributed by atoms with Crippen LogP contribution in [0.15, 0.2) is 34.3 Å². The Bertz CT molecular complexity index is 401. The van der Waals surface area contributed by atoms with Crippen LogP contribution in [0.2, 0.25) is 5.02 Å². The smallest absolute Gasteiger partial charge is 0.0726 e. The average molecular weight is 288 g/mol. The molecule has 1 atom stereocenters. The molecule has 1 aromatic rings. The van der Waals surface area contributed by atoms with Gasteiger partial charge in [0, 0.05) is 9.50 Å². The minimum absolute atomic E-state index is 0.255. The van der Waals surface area contributed by atoms with E-state index in [4.69, 9.17) is 11.6 Å². The minimum Gasteiger partial charge on any atom is -0.389 e. The maximum Gasteiger partial charge on any atom is 0.0726 e. The number of hydrogen-bond donors (Lipinski definition) is 1. The van der Waals surface area contributed by atoms with Crippen LogP contribution in [0.25, 0.3) is 0 Å². The summed E-state index contributed by atoms with van der Waals surface area (Å²) < 4.78 is 0.997. The van der Waals surface area contributed by atoms with Crippen molar-refractivity contribution in [2.24, 2.45) is 0 Å². The van der Waals surface area contributed by atoms with Crippen LogP contribution >= 0.6 is 27.5 Å². The lowest BCUT2D eigenvalue weighted by molar-refractivity contribution is 0.223. The number of rotatable bonds is 2. The third kappa shape index (κ3) is 2.83. The fourth-order valence-corrected chi connectivity index (χ4v) is 2.57. The standard InChI is InChI=1S/C12H12BrClO/c13-10-3-2-9(12(14)7-10)5-8-1-4-11(15)6-8/h2-3,6-7,11,15H,1,4-5H2. The van der Waals surface area contributed by atoms with Gasteiger partial charge in [-0.15, -0.1) is 0 Å². The summed E-state index contributed by atoms with van der Waals surface area (Å²) in [6.45, 7) is 0. The first-order valence-electron chi connectivity index (χ1n) is 4.97. The molecule has 0 bridgehead atoms. The minimum atomic E-state index is -0.255. The molecule has 1 aliphatic carbocycles. The Labute approximate surface area is 103 Å². The van der Waals surface area contributed by atoms with Crippen LogP contribution in [0.1, 0.15) is 18.4 Å². The zero-order chi connectivity index (χ0) is 10.8. The first kappa shape index (κ1) is 11.2. The Hall–Kier alpha value is -0.310. The molecule has 2 rings (SSSR count). The number of aliphatic hydroxyl groups excluding tert-OH is 1. The predicted molar refractivity (Wildman–Crippen MR) is 66.2 cm³/mol. The van der Waals surface area contributed by atoms with Gasteiger partial charge in [0.1, 0.15) is 0 Å². The summed E-state index contributed by atoms with van der Waals surface area (Å²) >= 11 is 9.50. The summed E-state index contributed by atoms with van der Waals surface area (Å²) in [5.41, 5.74) is 2.41. The number of hydrogen-bond acceptors (Lipinski definition) is 1. The lowest BCUT2D eigenvalue weighted by Crippen LogP contribution is -1.93. The van der Waals surface area contributed by atoms with Crippen LogP contribution < -0.4 is 0 Å². The number of halogens is 2. The maximum atomic E-state index is 9.37. The van der Waals surface area contributed by atoms with E-state index in [2.05, 4.69) is 15.9 Å². The highest BCUT2D eigenvalue weighted by Gasteiger charge is 2.14.